The summed E-state index contributed by atoms with van der Waals surface area (Å²) in [6, 6.07) is 4.53. The fourth-order valence-corrected chi connectivity index (χ4v) is 1.76. The second-order valence-corrected chi connectivity index (χ2v) is 4.78. The van der Waals surface area contributed by atoms with Crippen molar-refractivity contribution in [2.75, 3.05) is 0 Å². The highest BCUT2D eigenvalue weighted by molar-refractivity contribution is 9.10. The molecule has 0 heterocycles. The summed E-state index contributed by atoms with van der Waals surface area (Å²) in [4.78, 5) is 11.3. The number of rotatable bonds is 6. The molecule has 1 N–H and O–H groups in total. The molecule has 0 aliphatic heterocycles. The molecule has 0 saturated carbocycles. The minimum absolute atomic E-state index is 0.0964. The van der Waals surface area contributed by atoms with Crippen LogP contribution in [0.4, 0.5) is 4.39 Å². The zero-order valence-corrected chi connectivity index (χ0v) is 11.8. The summed E-state index contributed by atoms with van der Waals surface area (Å²) in [7, 11) is 0. The molecule has 0 atom stereocenters. The fourth-order valence-electron chi connectivity index (χ4n) is 1.36. The van der Waals surface area contributed by atoms with Gasteiger partial charge >= 0.3 is 0 Å². The second kappa shape index (κ2) is 7.97. The normalized spacial score (nSPS) is 10.8. The summed E-state index contributed by atoms with van der Waals surface area (Å²) in [6.45, 7) is 2.09. The lowest BCUT2D eigenvalue weighted by Crippen LogP contribution is -2.16. The van der Waals surface area contributed by atoms with Crippen molar-refractivity contribution in [3.05, 3.63) is 34.1 Å². The third-order valence-corrected chi connectivity index (χ3v) is 2.96. The van der Waals surface area contributed by atoms with E-state index < -0.39 is 0 Å². The van der Waals surface area contributed by atoms with Crippen molar-refractivity contribution >= 4 is 28.1 Å². The van der Waals surface area contributed by atoms with Gasteiger partial charge < -0.3 is 0 Å². The SMILES string of the molecule is CCCCCC(=O)N/N=C/c1ccc(F)c(Br)c1. The van der Waals surface area contributed by atoms with Gasteiger partial charge in [-0.1, -0.05) is 25.8 Å². The fraction of sp³-hybridized carbons (Fsp3) is 0.385. The van der Waals surface area contributed by atoms with Crippen molar-refractivity contribution in [3.63, 3.8) is 0 Å². The van der Waals surface area contributed by atoms with Crippen LogP contribution >= 0.6 is 15.9 Å². The molecule has 5 heteroatoms. The molecule has 0 aliphatic carbocycles. The number of hydrazone groups is 1. The Bertz CT molecular complexity index is 435. The standard InChI is InChI=1S/C13H16BrFN2O/c1-2-3-4-5-13(18)17-16-9-10-6-7-12(15)11(14)8-10/h6-9H,2-5H2,1H3,(H,17,18)/b16-9+. The van der Waals surface area contributed by atoms with Crippen molar-refractivity contribution in [1.82, 2.24) is 5.43 Å². The molecule has 0 spiro atoms. The van der Waals surface area contributed by atoms with E-state index in [0.717, 1.165) is 24.8 Å². The lowest BCUT2D eigenvalue weighted by molar-refractivity contribution is -0.121. The molecule has 1 aromatic rings. The molecule has 0 fully saturated rings. The molecule has 0 aromatic heterocycles. The number of amides is 1. The van der Waals surface area contributed by atoms with E-state index >= 15 is 0 Å². The minimum atomic E-state index is -0.323. The van der Waals surface area contributed by atoms with E-state index in [4.69, 9.17) is 0 Å². The van der Waals surface area contributed by atoms with Gasteiger partial charge in [0.15, 0.2) is 0 Å². The summed E-state index contributed by atoms with van der Waals surface area (Å²) < 4.78 is 13.3. The first-order chi connectivity index (χ1) is 8.63. The molecule has 0 radical (unpaired) electrons. The van der Waals surface area contributed by atoms with Gasteiger partial charge in [-0.25, -0.2) is 9.82 Å². The Hall–Kier alpha value is -1.23. The van der Waals surface area contributed by atoms with E-state index in [-0.39, 0.29) is 11.7 Å². The number of hydrogen-bond acceptors (Lipinski definition) is 2. The van der Waals surface area contributed by atoms with Crippen LogP contribution in [0.2, 0.25) is 0 Å². The second-order valence-electron chi connectivity index (χ2n) is 3.92. The zero-order chi connectivity index (χ0) is 13.4. The van der Waals surface area contributed by atoms with E-state index in [1.54, 1.807) is 12.1 Å². The first-order valence-electron chi connectivity index (χ1n) is 5.90. The summed E-state index contributed by atoms with van der Waals surface area (Å²) in [5.74, 6) is -0.420. The Morgan fingerprint density at radius 3 is 2.94 bits per heavy atom. The van der Waals surface area contributed by atoms with Crippen LogP contribution < -0.4 is 5.43 Å². The highest BCUT2D eigenvalue weighted by Crippen LogP contribution is 2.15. The smallest absolute Gasteiger partial charge is 0.240 e. The van der Waals surface area contributed by atoms with E-state index in [9.17, 15) is 9.18 Å². The van der Waals surface area contributed by atoms with Gasteiger partial charge in [-0.2, -0.15) is 5.10 Å². The molecule has 1 amide bonds. The maximum Gasteiger partial charge on any atom is 0.240 e. The Labute approximate surface area is 115 Å². The molecule has 18 heavy (non-hydrogen) atoms. The third-order valence-electron chi connectivity index (χ3n) is 2.35. The van der Waals surface area contributed by atoms with Crippen LogP contribution in [0.25, 0.3) is 0 Å². The molecule has 3 nitrogen and oxygen atoms in total. The van der Waals surface area contributed by atoms with Gasteiger partial charge in [-0.05, 0) is 40.0 Å². The topological polar surface area (TPSA) is 41.5 Å². The van der Waals surface area contributed by atoms with Crippen molar-refractivity contribution in [2.24, 2.45) is 5.10 Å². The molecule has 0 aliphatic rings. The van der Waals surface area contributed by atoms with E-state index in [1.807, 2.05) is 0 Å². The highest BCUT2D eigenvalue weighted by atomic mass is 79.9. The number of benzene rings is 1. The van der Waals surface area contributed by atoms with Crippen LogP contribution in [0.3, 0.4) is 0 Å². The largest absolute Gasteiger partial charge is 0.273 e. The number of nitrogens with zero attached hydrogens (tertiary/aromatic N) is 1. The predicted octanol–water partition coefficient (Wildman–Crippen LogP) is 3.62. The van der Waals surface area contributed by atoms with E-state index in [1.165, 1.54) is 12.3 Å². The number of unbranched alkanes of at least 4 members (excludes halogenated alkanes) is 2. The van der Waals surface area contributed by atoms with Crippen LogP contribution in [0, 0.1) is 5.82 Å². The van der Waals surface area contributed by atoms with E-state index in [2.05, 4.69) is 33.4 Å². The van der Waals surface area contributed by atoms with Crippen LogP contribution in [0.1, 0.15) is 38.2 Å². The Morgan fingerprint density at radius 1 is 1.50 bits per heavy atom. The Balaban J connectivity index is 2.40. The van der Waals surface area contributed by atoms with Gasteiger partial charge in [0.1, 0.15) is 5.82 Å². The average molecular weight is 315 g/mol. The Morgan fingerprint density at radius 2 is 2.28 bits per heavy atom. The quantitative estimate of drug-likeness (QED) is 0.486. The predicted molar refractivity (Wildman–Crippen MR) is 74.0 cm³/mol. The lowest BCUT2D eigenvalue weighted by Gasteiger charge is -1.99. The summed E-state index contributed by atoms with van der Waals surface area (Å²) in [6.07, 6.45) is 4.97. The van der Waals surface area contributed by atoms with Crippen molar-refractivity contribution in [2.45, 2.75) is 32.6 Å². The maximum atomic E-state index is 13.0. The third kappa shape index (κ3) is 5.40. The van der Waals surface area contributed by atoms with Crippen molar-refractivity contribution < 1.29 is 9.18 Å². The molecule has 0 bridgehead atoms. The molecular formula is C13H16BrFN2O. The molecular weight excluding hydrogens is 299 g/mol. The first-order valence-corrected chi connectivity index (χ1v) is 6.69. The molecule has 0 saturated heterocycles. The van der Waals surface area contributed by atoms with Gasteiger partial charge in [-0.3, -0.25) is 4.79 Å². The van der Waals surface area contributed by atoms with Crippen molar-refractivity contribution in [3.8, 4) is 0 Å². The number of carbonyl (C=O) groups is 1. The number of hydrogen-bond donors (Lipinski definition) is 1. The maximum absolute atomic E-state index is 13.0. The Kier molecular flexibility index (Phi) is 6.57. The molecule has 1 rings (SSSR count). The van der Waals surface area contributed by atoms with Gasteiger partial charge in [0.05, 0.1) is 10.7 Å². The number of carbonyl (C=O) groups excluding carboxylic acids is 1. The van der Waals surface area contributed by atoms with Crippen LogP contribution in [-0.2, 0) is 4.79 Å². The number of halogens is 2. The molecule has 0 unspecified atom stereocenters. The van der Waals surface area contributed by atoms with Gasteiger partial charge in [-0.15, -0.1) is 0 Å². The first kappa shape index (κ1) is 14.8. The van der Waals surface area contributed by atoms with Crippen LogP contribution in [-0.4, -0.2) is 12.1 Å². The summed E-state index contributed by atoms with van der Waals surface area (Å²) in [5, 5.41) is 3.82. The monoisotopic (exact) mass is 314 g/mol. The van der Waals surface area contributed by atoms with E-state index in [0.29, 0.717) is 10.9 Å². The molecule has 1 aromatic carbocycles. The van der Waals surface area contributed by atoms with Crippen LogP contribution in [0.5, 0.6) is 0 Å². The van der Waals surface area contributed by atoms with Crippen molar-refractivity contribution in [1.29, 1.82) is 0 Å². The van der Waals surface area contributed by atoms with Gasteiger partial charge in [0.25, 0.3) is 0 Å². The van der Waals surface area contributed by atoms with Gasteiger partial charge in [0, 0.05) is 6.42 Å². The van der Waals surface area contributed by atoms with Gasteiger partial charge in [0.2, 0.25) is 5.91 Å². The summed E-state index contributed by atoms with van der Waals surface area (Å²) >= 11 is 3.08. The molecule has 98 valence electrons. The highest BCUT2D eigenvalue weighted by Gasteiger charge is 2.00. The minimum Gasteiger partial charge on any atom is -0.273 e. The lowest BCUT2D eigenvalue weighted by atomic mass is 10.2. The average Bonchev–Trinajstić information content (AvgIpc) is 2.34. The summed E-state index contributed by atoms with van der Waals surface area (Å²) in [5.41, 5.74) is 3.17. The van der Waals surface area contributed by atoms with Crippen LogP contribution in [0.15, 0.2) is 27.8 Å². The zero-order valence-electron chi connectivity index (χ0n) is 10.2. The number of nitrogens with one attached hydrogen (secondary N) is 1.